The maximum absolute atomic E-state index is 11.8. The van der Waals surface area contributed by atoms with Crippen LogP contribution in [-0.2, 0) is 4.74 Å². The number of H-pyrrole nitrogens is 2. The van der Waals surface area contributed by atoms with Crippen molar-refractivity contribution in [3.63, 3.8) is 0 Å². The molecule has 0 saturated heterocycles. The van der Waals surface area contributed by atoms with Gasteiger partial charge in [-0.25, -0.2) is 9.78 Å². The zero-order chi connectivity index (χ0) is 14.8. The topological polar surface area (TPSA) is 87.8 Å². The lowest BCUT2D eigenvalue weighted by Gasteiger charge is -2.03. The first-order valence-electron chi connectivity index (χ1n) is 6.53. The van der Waals surface area contributed by atoms with Crippen molar-refractivity contribution >= 4 is 17.0 Å². The number of nitrogens with one attached hydrogen (secondary N) is 2. The highest BCUT2D eigenvalue weighted by Crippen LogP contribution is 2.22. The van der Waals surface area contributed by atoms with E-state index in [2.05, 4.69) is 15.0 Å². The Labute approximate surface area is 119 Å². The molecule has 21 heavy (non-hydrogen) atoms. The number of hydrogen-bond acceptors (Lipinski definition) is 4. The number of ether oxygens (including phenoxy) is 1. The van der Waals surface area contributed by atoms with Crippen LogP contribution < -0.4 is 5.56 Å². The lowest BCUT2D eigenvalue weighted by molar-refractivity contribution is 0.0526. The van der Waals surface area contributed by atoms with Gasteiger partial charge < -0.3 is 14.7 Å². The first-order chi connectivity index (χ1) is 10.2. The summed E-state index contributed by atoms with van der Waals surface area (Å²) < 4.78 is 4.98. The highest BCUT2D eigenvalue weighted by atomic mass is 16.5. The van der Waals surface area contributed by atoms with Crippen LogP contribution >= 0.6 is 0 Å². The van der Waals surface area contributed by atoms with Crippen molar-refractivity contribution in [3.05, 3.63) is 52.6 Å². The van der Waals surface area contributed by atoms with Crippen LogP contribution in [0.2, 0.25) is 0 Å². The van der Waals surface area contributed by atoms with Gasteiger partial charge >= 0.3 is 5.97 Å². The molecule has 0 aliphatic heterocycles. The molecular weight excluding hydrogens is 270 g/mol. The standard InChI is InChI=1S/C15H13N3O3/c1-2-21-15(20)10-5-3-4-9(6-10)12-7-11-13(18-12)16-8-17-14(11)19/h3-8H,2H2,1H3,(H2,16,17,18,19). The first kappa shape index (κ1) is 13.1. The fourth-order valence-corrected chi connectivity index (χ4v) is 2.14. The summed E-state index contributed by atoms with van der Waals surface area (Å²) in [7, 11) is 0. The molecule has 0 fully saturated rings. The summed E-state index contributed by atoms with van der Waals surface area (Å²) >= 11 is 0. The molecule has 0 amide bonds. The van der Waals surface area contributed by atoms with Gasteiger partial charge in [0.05, 0.1) is 23.9 Å². The molecule has 0 radical (unpaired) electrons. The van der Waals surface area contributed by atoms with Crippen molar-refractivity contribution in [3.8, 4) is 11.3 Å². The molecule has 2 aromatic heterocycles. The summed E-state index contributed by atoms with van der Waals surface area (Å²) in [6.45, 7) is 2.09. The van der Waals surface area contributed by atoms with Gasteiger partial charge in [0.1, 0.15) is 5.65 Å². The molecule has 3 aromatic rings. The number of carbonyl (C=O) groups excluding carboxylic acids is 1. The van der Waals surface area contributed by atoms with E-state index in [0.29, 0.717) is 23.2 Å². The van der Waals surface area contributed by atoms with Crippen LogP contribution in [0.3, 0.4) is 0 Å². The maximum Gasteiger partial charge on any atom is 0.338 e. The van der Waals surface area contributed by atoms with Crippen LogP contribution in [-0.4, -0.2) is 27.5 Å². The largest absolute Gasteiger partial charge is 0.462 e. The first-order valence-corrected chi connectivity index (χ1v) is 6.53. The Morgan fingerprint density at radius 2 is 2.19 bits per heavy atom. The minimum atomic E-state index is -0.369. The second-order valence-electron chi connectivity index (χ2n) is 4.48. The van der Waals surface area contributed by atoms with Gasteiger partial charge in [-0.3, -0.25) is 4.79 Å². The van der Waals surface area contributed by atoms with Crippen LogP contribution in [0.4, 0.5) is 0 Å². The molecule has 0 saturated carbocycles. The van der Waals surface area contributed by atoms with Crippen molar-refractivity contribution in [2.75, 3.05) is 6.61 Å². The highest BCUT2D eigenvalue weighted by molar-refractivity contribution is 5.91. The van der Waals surface area contributed by atoms with Crippen molar-refractivity contribution in [1.82, 2.24) is 15.0 Å². The molecule has 0 aliphatic rings. The van der Waals surface area contributed by atoms with Gasteiger partial charge in [0.25, 0.3) is 5.56 Å². The van der Waals surface area contributed by atoms with E-state index in [-0.39, 0.29) is 11.5 Å². The Kier molecular flexibility index (Phi) is 3.27. The Bertz CT molecular complexity index is 864. The monoisotopic (exact) mass is 283 g/mol. The van der Waals surface area contributed by atoms with Crippen molar-refractivity contribution in [2.24, 2.45) is 0 Å². The van der Waals surface area contributed by atoms with E-state index in [4.69, 9.17) is 4.74 Å². The van der Waals surface area contributed by atoms with Crippen LogP contribution in [0.1, 0.15) is 17.3 Å². The van der Waals surface area contributed by atoms with Crippen LogP contribution in [0.5, 0.6) is 0 Å². The van der Waals surface area contributed by atoms with Crippen LogP contribution in [0.25, 0.3) is 22.3 Å². The maximum atomic E-state index is 11.8. The molecule has 1 aromatic carbocycles. The summed E-state index contributed by atoms with van der Waals surface area (Å²) in [5.74, 6) is -0.369. The predicted molar refractivity (Wildman–Crippen MR) is 78.1 cm³/mol. The van der Waals surface area contributed by atoms with E-state index in [1.54, 1.807) is 31.2 Å². The molecule has 6 heteroatoms. The van der Waals surface area contributed by atoms with Gasteiger partial charge in [-0.1, -0.05) is 12.1 Å². The summed E-state index contributed by atoms with van der Waals surface area (Å²) in [4.78, 5) is 33.1. The molecule has 0 bridgehead atoms. The molecule has 0 atom stereocenters. The second kappa shape index (κ2) is 5.24. The molecule has 6 nitrogen and oxygen atoms in total. The Morgan fingerprint density at radius 3 is 2.95 bits per heavy atom. The Balaban J connectivity index is 2.06. The smallest absolute Gasteiger partial charge is 0.338 e. The zero-order valence-corrected chi connectivity index (χ0v) is 11.3. The predicted octanol–water partition coefficient (Wildman–Crippen LogP) is 2.09. The SMILES string of the molecule is CCOC(=O)c1cccc(-c2cc3c(=O)[nH]cnc3[nH]2)c1. The number of hydrogen-bond donors (Lipinski definition) is 2. The number of aromatic amines is 2. The minimum Gasteiger partial charge on any atom is -0.462 e. The summed E-state index contributed by atoms with van der Waals surface area (Å²) in [5, 5.41) is 0.481. The molecule has 0 aliphatic carbocycles. The average Bonchev–Trinajstić information content (AvgIpc) is 2.93. The van der Waals surface area contributed by atoms with Crippen molar-refractivity contribution in [2.45, 2.75) is 6.92 Å². The average molecular weight is 283 g/mol. The van der Waals surface area contributed by atoms with Gasteiger partial charge in [-0.2, -0.15) is 0 Å². The van der Waals surface area contributed by atoms with E-state index in [9.17, 15) is 9.59 Å². The number of aromatic nitrogens is 3. The van der Waals surface area contributed by atoms with Crippen molar-refractivity contribution < 1.29 is 9.53 Å². The molecule has 0 unspecified atom stereocenters. The van der Waals surface area contributed by atoms with E-state index < -0.39 is 0 Å². The summed E-state index contributed by atoms with van der Waals surface area (Å²) in [6.07, 6.45) is 1.35. The molecule has 0 spiro atoms. The van der Waals surface area contributed by atoms with Crippen molar-refractivity contribution in [1.29, 1.82) is 0 Å². The highest BCUT2D eigenvalue weighted by Gasteiger charge is 2.10. The third kappa shape index (κ3) is 2.43. The number of benzene rings is 1. The molecule has 3 rings (SSSR count). The molecule has 106 valence electrons. The quantitative estimate of drug-likeness (QED) is 0.720. The number of fused-ring (bicyclic) bond motifs is 1. The second-order valence-corrected chi connectivity index (χ2v) is 4.48. The third-order valence-electron chi connectivity index (χ3n) is 3.12. The number of nitrogens with zero attached hydrogens (tertiary/aromatic N) is 1. The normalized spacial score (nSPS) is 10.7. The van der Waals surface area contributed by atoms with Gasteiger partial charge in [0, 0.05) is 5.69 Å². The lowest BCUT2D eigenvalue weighted by atomic mass is 10.1. The van der Waals surface area contributed by atoms with Crippen LogP contribution in [0, 0.1) is 0 Å². The Morgan fingerprint density at radius 1 is 1.33 bits per heavy atom. The molecule has 2 heterocycles. The molecular formula is C15H13N3O3. The minimum absolute atomic E-state index is 0.205. The lowest BCUT2D eigenvalue weighted by Crippen LogP contribution is -2.04. The van der Waals surface area contributed by atoms with Gasteiger partial charge in [-0.05, 0) is 30.7 Å². The fourth-order valence-electron chi connectivity index (χ4n) is 2.14. The summed E-state index contributed by atoms with van der Waals surface area (Å²) in [5.41, 5.74) is 2.28. The van der Waals surface area contributed by atoms with Gasteiger partial charge in [0.2, 0.25) is 0 Å². The summed E-state index contributed by atoms with van der Waals surface area (Å²) in [6, 6.07) is 8.74. The van der Waals surface area contributed by atoms with E-state index >= 15 is 0 Å². The van der Waals surface area contributed by atoms with Crippen LogP contribution in [0.15, 0.2) is 41.5 Å². The third-order valence-corrected chi connectivity index (χ3v) is 3.12. The molecule has 2 N–H and O–H groups in total. The fraction of sp³-hybridized carbons (Fsp3) is 0.133. The number of esters is 1. The van der Waals surface area contributed by atoms with E-state index in [1.807, 2.05) is 6.07 Å². The van der Waals surface area contributed by atoms with Gasteiger partial charge in [0.15, 0.2) is 0 Å². The van der Waals surface area contributed by atoms with Gasteiger partial charge in [-0.15, -0.1) is 0 Å². The zero-order valence-electron chi connectivity index (χ0n) is 11.3. The van der Waals surface area contributed by atoms with E-state index in [1.165, 1.54) is 6.33 Å². The van der Waals surface area contributed by atoms with E-state index in [0.717, 1.165) is 11.3 Å². The number of rotatable bonds is 3. The number of carbonyl (C=O) groups is 1. The Hall–Kier alpha value is -2.89.